The minimum Gasteiger partial charge on any atom is -0.327 e. The summed E-state index contributed by atoms with van der Waals surface area (Å²) >= 11 is 0. The average molecular weight is 217 g/mol. The number of hydrogen-bond acceptors (Lipinski definition) is 2. The summed E-state index contributed by atoms with van der Waals surface area (Å²) < 4.78 is 2.14. The highest BCUT2D eigenvalue weighted by Gasteiger charge is 2.14. The molecule has 2 aromatic heterocycles. The molecule has 1 atom stereocenters. The number of pyridine rings is 1. The van der Waals surface area contributed by atoms with E-state index in [1.165, 1.54) is 5.69 Å². The molecule has 2 rings (SSSR count). The molecule has 0 amide bonds. The molecular weight excluding hydrogens is 198 g/mol. The van der Waals surface area contributed by atoms with Crippen molar-refractivity contribution in [3.05, 3.63) is 35.8 Å². The maximum Gasteiger partial charge on any atom is 0.137 e. The van der Waals surface area contributed by atoms with Gasteiger partial charge in [-0.3, -0.25) is 0 Å². The van der Waals surface area contributed by atoms with E-state index < -0.39 is 0 Å². The van der Waals surface area contributed by atoms with Gasteiger partial charge in [-0.15, -0.1) is 0 Å². The van der Waals surface area contributed by atoms with E-state index in [1.54, 1.807) is 0 Å². The van der Waals surface area contributed by atoms with Crippen LogP contribution < -0.4 is 5.73 Å². The van der Waals surface area contributed by atoms with E-state index in [2.05, 4.69) is 36.4 Å². The van der Waals surface area contributed by atoms with Crippen molar-refractivity contribution in [2.75, 3.05) is 0 Å². The Bertz CT molecular complexity index is 485. The first-order chi connectivity index (χ1) is 7.59. The van der Waals surface area contributed by atoms with Crippen LogP contribution in [0, 0.1) is 12.8 Å². The van der Waals surface area contributed by atoms with Crippen molar-refractivity contribution in [3.8, 4) is 0 Å². The van der Waals surface area contributed by atoms with Gasteiger partial charge in [0.15, 0.2) is 0 Å². The number of imidazole rings is 1. The highest BCUT2D eigenvalue weighted by atomic mass is 15.0. The smallest absolute Gasteiger partial charge is 0.137 e. The molecule has 0 aliphatic heterocycles. The summed E-state index contributed by atoms with van der Waals surface area (Å²) in [5, 5.41) is 0. The van der Waals surface area contributed by atoms with Gasteiger partial charge in [0.2, 0.25) is 0 Å². The van der Waals surface area contributed by atoms with Crippen LogP contribution in [0.3, 0.4) is 0 Å². The van der Waals surface area contributed by atoms with Crippen molar-refractivity contribution in [2.45, 2.75) is 33.2 Å². The van der Waals surface area contributed by atoms with E-state index in [1.807, 2.05) is 18.2 Å². The summed E-state index contributed by atoms with van der Waals surface area (Å²) in [6, 6.07) is 6.25. The SMILES string of the molecule is Cc1nc2ccccn2c1CC(N)C(C)C. The van der Waals surface area contributed by atoms with Gasteiger partial charge in [0, 0.05) is 24.4 Å². The van der Waals surface area contributed by atoms with E-state index in [0.29, 0.717) is 5.92 Å². The molecule has 0 saturated heterocycles. The van der Waals surface area contributed by atoms with Crippen molar-refractivity contribution in [1.29, 1.82) is 0 Å². The Morgan fingerprint density at radius 1 is 1.38 bits per heavy atom. The van der Waals surface area contributed by atoms with Crippen LogP contribution in [0.15, 0.2) is 24.4 Å². The first-order valence-corrected chi connectivity index (χ1v) is 5.77. The van der Waals surface area contributed by atoms with Crippen molar-refractivity contribution in [1.82, 2.24) is 9.38 Å². The zero-order valence-electron chi connectivity index (χ0n) is 10.1. The Kier molecular flexibility index (Phi) is 2.97. The van der Waals surface area contributed by atoms with Crippen LogP contribution >= 0.6 is 0 Å². The van der Waals surface area contributed by atoms with Gasteiger partial charge in [0.05, 0.1) is 5.69 Å². The fourth-order valence-electron chi connectivity index (χ4n) is 1.87. The Morgan fingerprint density at radius 3 is 2.81 bits per heavy atom. The van der Waals surface area contributed by atoms with Crippen LogP contribution in [0.4, 0.5) is 0 Å². The van der Waals surface area contributed by atoms with E-state index >= 15 is 0 Å². The number of rotatable bonds is 3. The molecule has 3 heteroatoms. The molecule has 1 unspecified atom stereocenters. The van der Waals surface area contributed by atoms with Crippen LogP contribution in [0.1, 0.15) is 25.2 Å². The normalized spacial score (nSPS) is 13.6. The molecule has 3 nitrogen and oxygen atoms in total. The topological polar surface area (TPSA) is 43.3 Å². The van der Waals surface area contributed by atoms with Crippen molar-refractivity contribution < 1.29 is 0 Å². The highest BCUT2D eigenvalue weighted by molar-refractivity contribution is 5.42. The molecule has 0 aromatic carbocycles. The molecule has 0 spiro atoms. The molecule has 16 heavy (non-hydrogen) atoms. The maximum absolute atomic E-state index is 6.13. The van der Waals surface area contributed by atoms with Crippen LogP contribution in [-0.2, 0) is 6.42 Å². The molecule has 0 radical (unpaired) electrons. The summed E-state index contributed by atoms with van der Waals surface area (Å²) in [7, 11) is 0. The van der Waals surface area contributed by atoms with E-state index in [9.17, 15) is 0 Å². The molecule has 0 saturated carbocycles. The molecule has 0 fully saturated rings. The standard InChI is InChI=1S/C13H19N3/c1-9(2)11(14)8-12-10(3)15-13-6-4-5-7-16(12)13/h4-7,9,11H,8,14H2,1-3H3. The maximum atomic E-state index is 6.13. The Labute approximate surface area is 96.3 Å². The van der Waals surface area contributed by atoms with Gasteiger partial charge >= 0.3 is 0 Å². The zero-order chi connectivity index (χ0) is 11.7. The van der Waals surface area contributed by atoms with Crippen LogP contribution in [-0.4, -0.2) is 15.4 Å². The number of aryl methyl sites for hydroxylation is 1. The number of nitrogens with two attached hydrogens (primary N) is 1. The van der Waals surface area contributed by atoms with E-state index in [4.69, 9.17) is 5.73 Å². The molecule has 0 aliphatic rings. The number of aromatic nitrogens is 2. The Hall–Kier alpha value is -1.35. The van der Waals surface area contributed by atoms with Gasteiger partial charge in [-0.25, -0.2) is 4.98 Å². The van der Waals surface area contributed by atoms with Crippen LogP contribution in [0.2, 0.25) is 0 Å². The highest BCUT2D eigenvalue weighted by Crippen LogP contribution is 2.15. The minimum absolute atomic E-state index is 0.193. The largest absolute Gasteiger partial charge is 0.327 e. The molecule has 2 heterocycles. The van der Waals surface area contributed by atoms with Crippen molar-refractivity contribution in [3.63, 3.8) is 0 Å². The second-order valence-electron chi connectivity index (χ2n) is 4.68. The van der Waals surface area contributed by atoms with Crippen LogP contribution in [0.25, 0.3) is 5.65 Å². The molecule has 2 N–H and O–H groups in total. The summed E-state index contributed by atoms with van der Waals surface area (Å²) in [5.74, 6) is 0.494. The van der Waals surface area contributed by atoms with E-state index in [0.717, 1.165) is 17.8 Å². The predicted molar refractivity (Wildman–Crippen MR) is 66.4 cm³/mol. The van der Waals surface area contributed by atoms with Crippen molar-refractivity contribution in [2.24, 2.45) is 11.7 Å². The van der Waals surface area contributed by atoms with Gasteiger partial charge in [-0.2, -0.15) is 0 Å². The molecule has 86 valence electrons. The third-order valence-corrected chi connectivity index (χ3v) is 3.11. The third kappa shape index (κ3) is 1.95. The quantitative estimate of drug-likeness (QED) is 0.856. The second kappa shape index (κ2) is 4.26. The second-order valence-corrected chi connectivity index (χ2v) is 4.68. The van der Waals surface area contributed by atoms with Gasteiger partial charge in [-0.05, 0) is 25.0 Å². The first kappa shape index (κ1) is 11.1. The van der Waals surface area contributed by atoms with Gasteiger partial charge < -0.3 is 10.1 Å². The van der Waals surface area contributed by atoms with Crippen molar-refractivity contribution >= 4 is 5.65 Å². The summed E-state index contributed by atoms with van der Waals surface area (Å²) in [4.78, 5) is 4.53. The fraction of sp³-hybridized carbons (Fsp3) is 0.462. The third-order valence-electron chi connectivity index (χ3n) is 3.11. The number of fused-ring (bicyclic) bond motifs is 1. The number of hydrogen-bond donors (Lipinski definition) is 1. The molecule has 0 aliphatic carbocycles. The van der Waals surface area contributed by atoms with Gasteiger partial charge in [0.1, 0.15) is 5.65 Å². The molecular formula is C13H19N3. The van der Waals surface area contributed by atoms with Crippen LogP contribution in [0.5, 0.6) is 0 Å². The lowest BCUT2D eigenvalue weighted by atomic mass is 10.00. The lowest BCUT2D eigenvalue weighted by Gasteiger charge is -2.15. The summed E-state index contributed by atoms with van der Waals surface area (Å²) in [6.45, 7) is 6.36. The predicted octanol–water partition coefficient (Wildman–Crippen LogP) is 2.17. The minimum atomic E-state index is 0.193. The Morgan fingerprint density at radius 2 is 2.12 bits per heavy atom. The van der Waals surface area contributed by atoms with Gasteiger partial charge in [0.25, 0.3) is 0 Å². The first-order valence-electron chi connectivity index (χ1n) is 5.77. The summed E-state index contributed by atoms with van der Waals surface area (Å²) in [5.41, 5.74) is 9.45. The Balaban J connectivity index is 2.40. The lowest BCUT2D eigenvalue weighted by Crippen LogP contribution is -2.29. The average Bonchev–Trinajstić information content (AvgIpc) is 2.55. The monoisotopic (exact) mass is 217 g/mol. The van der Waals surface area contributed by atoms with E-state index in [-0.39, 0.29) is 6.04 Å². The molecule has 2 aromatic rings. The summed E-state index contributed by atoms with van der Waals surface area (Å²) in [6.07, 6.45) is 2.94. The number of nitrogens with zero attached hydrogens (tertiary/aromatic N) is 2. The zero-order valence-corrected chi connectivity index (χ0v) is 10.1. The lowest BCUT2D eigenvalue weighted by molar-refractivity contribution is 0.484. The fourth-order valence-corrected chi connectivity index (χ4v) is 1.87. The van der Waals surface area contributed by atoms with Gasteiger partial charge in [-0.1, -0.05) is 19.9 Å². The molecule has 0 bridgehead atoms.